The van der Waals surface area contributed by atoms with E-state index in [9.17, 15) is 0 Å². The van der Waals surface area contributed by atoms with Crippen molar-refractivity contribution < 1.29 is 9.47 Å². The molecule has 0 aromatic rings. The number of ether oxygens (including phenoxy) is 2. The number of nitrogens with two attached hydrogens (primary N) is 1. The van der Waals surface area contributed by atoms with Crippen LogP contribution in [-0.4, -0.2) is 54.5 Å². The predicted molar refractivity (Wildman–Crippen MR) is 81.8 cm³/mol. The van der Waals surface area contributed by atoms with E-state index in [1.54, 1.807) is 0 Å². The van der Waals surface area contributed by atoms with Gasteiger partial charge in [0, 0.05) is 38.2 Å². The zero-order valence-corrected chi connectivity index (χ0v) is 13.8. The van der Waals surface area contributed by atoms with Crippen LogP contribution in [0, 0.1) is 5.92 Å². The fraction of sp³-hybridized carbons (Fsp3) is 1.00. The zero-order chi connectivity index (χ0) is 15.0. The van der Waals surface area contributed by atoms with Crippen molar-refractivity contribution in [3.05, 3.63) is 0 Å². The van der Waals surface area contributed by atoms with E-state index in [1.807, 2.05) is 0 Å². The highest BCUT2D eigenvalue weighted by atomic mass is 16.5. The van der Waals surface area contributed by atoms with Crippen LogP contribution in [-0.2, 0) is 9.47 Å². The molecule has 2 atom stereocenters. The number of piperidine rings is 1. The lowest BCUT2D eigenvalue weighted by Gasteiger charge is -2.37. The largest absolute Gasteiger partial charge is 0.378 e. The van der Waals surface area contributed by atoms with E-state index in [2.05, 4.69) is 39.5 Å². The van der Waals surface area contributed by atoms with Gasteiger partial charge in [0.2, 0.25) is 0 Å². The minimum absolute atomic E-state index is 0.0992. The van der Waals surface area contributed by atoms with Gasteiger partial charge in [0.15, 0.2) is 0 Å². The molecule has 4 heteroatoms. The van der Waals surface area contributed by atoms with Gasteiger partial charge >= 0.3 is 0 Å². The second-order valence-corrected chi connectivity index (χ2v) is 7.40. The van der Waals surface area contributed by atoms with Crippen molar-refractivity contribution >= 4 is 0 Å². The van der Waals surface area contributed by atoms with Gasteiger partial charge in [0.1, 0.15) is 0 Å². The lowest BCUT2D eigenvalue weighted by Crippen LogP contribution is -2.50. The molecule has 2 heterocycles. The molecule has 118 valence electrons. The summed E-state index contributed by atoms with van der Waals surface area (Å²) in [6.45, 7) is 14.8. The quantitative estimate of drug-likeness (QED) is 0.858. The Kier molecular flexibility index (Phi) is 4.80. The van der Waals surface area contributed by atoms with Crippen LogP contribution in [0.4, 0.5) is 0 Å². The molecule has 0 amide bonds. The van der Waals surface area contributed by atoms with Gasteiger partial charge < -0.3 is 20.1 Å². The first kappa shape index (κ1) is 16.2. The van der Waals surface area contributed by atoms with Crippen molar-refractivity contribution in [3.8, 4) is 0 Å². The first-order valence-electron chi connectivity index (χ1n) is 8.06. The Morgan fingerprint density at radius 1 is 1.15 bits per heavy atom. The van der Waals surface area contributed by atoms with Crippen molar-refractivity contribution in [2.24, 2.45) is 11.7 Å². The summed E-state index contributed by atoms with van der Waals surface area (Å²) in [6.07, 6.45) is 2.73. The second-order valence-electron chi connectivity index (χ2n) is 7.40. The first-order valence-corrected chi connectivity index (χ1v) is 8.06. The van der Waals surface area contributed by atoms with Crippen LogP contribution in [0.15, 0.2) is 0 Å². The maximum atomic E-state index is 6.45. The molecule has 2 N–H and O–H groups in total. The summed E-state index contributed by atoms with van der Waals surface area (Å²) in [7, 11) is 0. The summed E-state index contributed by atoms with van der Waals surface area (Å²) in [4.78, 5) is 2.53. The number of hydrogen-bond acceptors (Lipinski definition) is 4. The maximum Gasteiger partial charge on any atom is 0.0788 e. The molecule has 2 aliphatic rings. The Bertz CT molecular complexity index is 322. The minimum atomic E-state index is -0.224. The highest BCUT2D eigenvalue weighted by Crippen LogP contribution is 2.41. The average Bonchev–Trinajstić information content (AvgIpc) is 2.50. The van der Waals surface area contributed by atoms with Crippen molar-refractivity contribution in [1.29, 1.82) is 0 Å². The molecule has 0 saturated carbocycles. The fourth-order valence-corrected chi connectivity index (χ4v) is 3.84. The lowest BCUT2D eigenvalue weighted by molar-refractivity contribution is -0.0796. The summed E-state index contributed by atoms with van der Waals surface area (Å²) < 4.78 is 11.9. The molecule has 2 unspecified atom stereocenters. The molecule has 2 saturated heterocycles. The normalized spacial score (nSPS) is 34.5. The van der Waals surface area contributed by atoms with E-state index >= 15 is 0 Å². The van der Waals surface area contributed by atoms with Crippen LogP contribution in [0.3, 0.4) is 0 Å². The molecule has 0 spiro atoms. The Morgan fingerprint density at radius 3 is 2.20 bits per heavy atom. The highest BCUT2D eigenvalue weighted by molar-refractivity contribution is 5.04. The predicted octanol–water partition coefficient (Wildman–Crippen LogP) is 2.02. The third-order valence-corrected chi connectivity index (χ3v) is 5.05. The van der Waals surface area contributed by atoms with Crippen LogP contribution in [0.5, 0.6) is 0 Å². The SMILES string of the molecule is CCOC1CCN(CC2C(N)C(C)(C)OC2(C)C)CC1. The fourth-order valence-electron chi connectivity index (χ4n) is 3.84. The van der Waals surface area contributed by atoms with E-state index in [0.717, 1.165) is 39.1 Å². The maximum absolute atomic E-state index is 6.45. The molecule has 20 heavy (non-hydrogen) atoms. The van der Waals surface area contributed by atoms with Crippen LogP contribution in [0.25, 0.3) is 0 Å². The van der Waals surface area contributed by atoms with Gasteiger partial charge in [-0.3, -0.25) is 0 Å². The monoisotopic (exact) mass is 284 g/mol. The molecule has 0 aromatic heterocycles. The third kappa shape index (κ3) is 3.35. The van der Waals surface area contributed by atoms with E-state index in [0.29, 0.717) is 12.0 Å². The first-order chi connectivity index (χ1) is 9.26. The van der Waals surface area contributed by atoms with Gasteiger partial charge in [-0.1, -0.05) is 0 Å². The van der Waals surface area contributed by atoms with Gasteiger partial charge in [-0.05, 0) is 47.5 Å². The van der Waals surface area contributed by atoms with Crippen LogP contribution < -0.4 is 5.73 Å². The zero-order valence-electron chi connectivity index (χ0n) is 13.8. The van der Waals surface area contributed by atoms with Crippen molar-refractivity contribution in [3.63, 3.8) is 0 Å². The van der Waals surface area contributed by atoms with Crippen LogP contribution in [0.2, 0.25) is 0 Å². The molecule has 2 fully saturated rings. The Morgan fingerprint density at radius 2 is 1.75 bits per heavy atom. The van der Waals surface area contributed by atoms with Crippen molar-refractivity contribution in [2.75, 3.05) is 26.2 Å². The van der Waals surface area contributed by atoms with Crippen LogP contribution >= 0.6 is 0 Å². The molecular formula is C16H32N2O2. The number of nitrogens with zero attached hydrogens (tertiary/aromatic N) is 1. The topological polar surface area (TPSA) is 47.7 Å². The molecule has 4 nitrogen and oxygen atoms in total. The van der Waals surface area contributed by atoms with Crippen molar-refractivity contribution in [1.82, 2.24) is 4.90 Å². The molecular weight excluding hydrogens is 252 g/mol. The Labute approximate surface area is 124 Å². The van der Waals surface area contributed by atoms with E-state index in [4.69, 9.17) is 15.2 Å². The Hall–Kier alpha value is -0.160. The lowest BCUT2D eigenvalue weighted by atomic mass is 9.82. The van der Waals surface area contributed by atoms with E-state index in [1.165, 1.54) is 0 Å². The summed E-state index contributed by atoms with van der Waals surface area (Å²) in [5.41, 5.74) is 6.08. The van der Waals surface area contributed by atoms with Gasteiger partial charge in [-0.2, -0.15) is 0 Å². The molecule has 0 bridgehead atoms. The van der Waals surface area contributed by atoms with Gasteiger partial charge in [-0.25, -0.2) is 0 Å². The Balaban J connectivity index is 1.91. The number of likely N-dealkylation sites (tertiary alicyclic amines) is 1. The van der Waals surface area contributed by atoms with Gasteiger partial charge in [0.05, 0.1) is 17.3 Å². The van der Waals surface area contributed by atoms with Gasteiger partial charge in [-0.15, -0.1) is 0 Å². The van der Waals surface area contributed by atoms with E-state index < -0.39 is 0 Å². The molecule has 2 rings (SSSR count). The number of hydrogen-bond donors (Lipinski definition) is 1. The molecule has 0 radical (unpaired) electrons. The smallest absolute Gasteiger partial charge is 0.0788 e. The molecule has 2 aliphatic heterocycles. The average molecular weight is 284 g/mol. The summed E-state index contributed by atoms with van der Waals surface area (Å²) in [5, 5.41) is 0. The highest BCUT2D eigenvalue weighted by Gasteiger charge is 2.52. The standard InChI is InChI=1S/C16H32N2O2/c1-6-19-12-7-9-18(10-8-12)11-13-14(17)16(4,5)20-15(13,2)3/h12-14H,6-11,17H2,1-5H3. The van der Waals surface area contributed by atoms with Crippen LogP contribution in [0.1, 0.15) is 47.5 Å². The summed E-state index contributed by atoms with van der Waals surface area (Å²) in [6, 6.07) is 0.0992. The minimum Gasteiger partial charge on any atom is -0.378 e. The van der Waals surface area contributed by atoms with Gasteiger partial charge in [0.25, 0.3) is 0 Å². The van der Waals surface area contributed by atoms with Crippen molar-refractivity contribution in [2.45, 2.75) is 70.8 Å². The molecule has 0 aromatic carbocycles. The molecule has 0 aliphatic carbocycles. The summed E-state index contributed by atoms with van der Waals surface area (Å²) in [5.74, 6) is 0.390. The van der Waals surface area contributed by atoms with E-state index in [-0.39, 0.29) is 17.2 Å². The number of rotatable bonds is 4. The second kappa shape index (κ2) is 5.91. The third-order valence-electron chi connectivity index (χ3n) is 5.05. The summed E-state index contributed by atoms with van der Waals surface area (Å²) >= 11 is 0.